The van der Waals surface area contributed by atoms with Gasteiger partial charge in [-0.15, -0.1) is 0 Å². The second-order valence-electron chi connectivity index (χ2n) is 10.6. The molecular formula is C29H39N3O5. The van der Waals surface area contributed by atoms with Crippen molar-refractivity contribution in [3.63, 3.8) is 0 Å². The minimum absolute atomic E-state index is 0.0260. The number of phenols is 1. The average Bonchev–Trinajstić information content (AvgIpc) is 2.84. The average molecular weight is 510 g/mol. The van der Waals surface area contributed by atoms with Crippen molar-refractivity contribution in [2.24, 2.45) is 0 Å². The van der Waals surface area contributed by atoms with Gasteiger partial charge in [-0.3, -0.25) is 9.59 Å². The van der Waals surface area contributed by atoms with Gasteiger partial charge in [-0.1, -0.05) is 67.8 Å². The van der Waals surface area contributed by atoms with Crippen molar-refractivity contribution in [3.8, 4) is 5.75 Å². The number of likely N-dealkylation sites (N-methyl/N-ethyl adjacent to an activating group) is 1. The largest absolute Gasteiger partial charge is 0.508 e. The standard InChI is InChI=1S/C29H39N3O5/c1-29(2,3)37-28(36)31-23(19-20-13-7-5-8-14-20)27(35)32(4)25(22-17-11-12-18-24(22)33)26(34)30-21-15-9-6-10-16-21/h5,7-8,11-14,17-18,21,23,25,33H,6,9-10,15-16,19H2,1-4H3,(H,30,34)(H,31,36). The number of ether oxygens (including phenoxy) is 1. The molecule has 200 valence electrons. The lowest BCUT2D eigenvalue weighted by atomic mass is 9.94. The van der Waals surface area contributed by atoms with Gasteiger partial charge in [-0.25, -0.2) is 4.79 Å². The van der Waals surface area contributed by atoms with E-state index in [4.69, 9.17) is 4.74 Å². The summed E-state index contributed by atoms with van der Waals surface area (Å²) >= 11 is 0. The molecule has 2 atom stereocenters. The zero-order chi connectivity index (χ0) is 27.0. The molecule has 8 heteroatoms. The summed E-state index contributed by atoms with van der Waals surface area (Å²) in [6.45, 7) is 5.24. The number of hydrogen-bond acceptors (Lipinski definition) is 5. The van der Waals surface area contributed by atoms with E-state index in [1.165, 1.54) is 18.0 Å². The number of carbonyl (C=O) groups is 3. The van der Waals surface area contributed by atoms with Crippen LogP contribution in [-0.4, -0.2) is 52.6 Å². The van der Waals surface area contributed by atoms with E-state index in [0.717, 1.165) is 37.7 Å². The number of para-hydroxylation sites is 1. The normalized spacial score (nSPS) is 15.8. The molecule has 2 aromatic rings. The minimum Gasteiger partial charge on any atom is -0.508 e. The van der Waals surface area contributed by atoms with Crippen LogP contribution in [0.4, 0.5) is 4.79 Å². The van der Waals surface area contributed by atoms with Gasteiger partial charge in [0.1, 0.15) is 23.4 Å². The number of nitrogens with zero attached hydrogens (tertiary/aromatic N) is 1. The van der Waals surface area contributed by atoms with Crippen LogP contribution in [0.2, 0.25) is 0 Å². The number of rotatable bonds is 8. The first-order valence-electron chi connectivity index (χ1n) is 12.9. The number of carbonyl (C=O) groups excluding carboxylic acids is 3. The first-order valence-corrected chi connectivity index (χ1v) is 12.9. The lowest BCUT2D eigenvalue weighted by Crippen LogP contribution is -2.53. The molecule has 0 saturated heterocycles. The van der Waals surface area contributed by atoms with Gasteiger partial charge in [0, 0.05) is 25.1 Å². The van der Waals surface area contributed by atoms with Crippen LogP contribution in [-0.2, 0) is 20.7 Å². The molecule has 0 radical (unpaired) electrons. The van der Waals surface area contributed by atoms with Gasteiger partial charge in [-0.2, -0.15) is 0 Å². The number of amides is 3. The molecule has 2 aromatic carbocycles. The van der Waals surface area contributed by atoms with Crippen LogP contribution >= 0.6 is 0 Å². The molecule has 0 bridgehead atoms. The Morgan fingerprint density at radius 2 is 1.62 bits per heavy atom. The van der Waals surface area contributed by atoms with E-state index in [0.29, 0.717) is 5.56 Å². The maximum Gasteiger partial charge on any atom is 0.408 e. The minimum atomic E-state index is -1.07. The summed E-state index contributed by atoms with van der Waals surface area (Å²) in [5, 5.41) is 16.4. The van der Waals surface area contributed by atoms with E-state index in [1.807, 2.05) is 30.3 Å². The van der Waals surface area contributed by atoms with Crippen LogP contribution in [0.5, 0.6) is 5.75 Å². The Morgan fingerprint density at radius 1 is 1.00 bits per heavy atom. The summed E-state index contributed by atoms with van der Waals surface area (Å²) in [6.07, 6.45) is 4.48. The second kappa shape index (κ2) is 12.6. The van der Waals surface area contributed by atoms with E-state index in [9.17, 15) is 19.5 Å². The summed E-state index contributed by atoms with van der Waals surface area (Å²) in [4.78, 5) is 41.4. The molecular weight excluding hydrogens is 470 g/mol. The molecule has 0 aromatic heterocycles. The molecule has 1 aliphatic rings. The van der Waals surface area contributed by atoms with Gasteiger partial charge in [0.05, 0.1) is 0 Å². The molecule has 37 heavy (non-hydrogen) atoms. The van der Waals surface area contributed by atoms with Gasteiger partial charge in [-0.05, 0) is 45.2 Å². The first-order chi connectivity index (χ1) is 17.5. The Hall–Kier alpha value is -3.55. The van der Waals surface area contributed by atoms with Crippen molar-refractivity contribution >= 4 is 17.9 Å². The zero-order valence-electron chi connectivity index (χ0n) is 22.2. The van der Waals surface area contributed by atoms with Crippen LogP contribution in [0.1, 0.15) is 70.0 Å². The van der Waals surface area contributed by atoms with Crippen molar-refractivity contribution in [1.29, 1.82) is 0 Å². The third-order valence-corrected chi connectivity index (χ3v) is 6.44. The van der Waals surface area contributed by atoms with E-state index >= 15 is 0 Å². The van der Waals surface area contributed by atoms with Crippen molar-refractivity contribution in [2.75, 3.05) is 7.05 Å². The number of hydrogen-bond donors (Lipinski definition) is 3. The maximum atomic E-state index is 13.9. The Kier molecular flexibility index (Phi) is 9.55. The summed E-state index contributed by atoms with van der Waals surface area (Å²) < 4.78 is 5.41. The molecule has 2 unspecified atom stereocenters. The quantitative estimate of drug-likeness (QED) is 0.486. The summed E-state index contributed by atoms with van der Waals surface area (Å²) in [5.41, 5.74) is 0.424. The molecule has 1 fully saturated rings. The number of aromatic hydroxyl groups is 1. The highest BCUT2D eigenvalue weighted by Gasteiger charge is 2.36. The molecule has 1 saturated carbocycles. The van der Waals surface area contributed by atoms with Crippen LogP contribution in [0.25, 0.3) is 0 Å². The number of nitrogens with one attached hydrogen (secondary N) is 2. The summed E-state index contributed by atoms with van der Waals surface area (Å²) in [7, 11) is 1.52. The van der Waals surface area contributed by atoms with E-state index in [2.05, 4.69) is 10.6 Å². The van der Waals surface area contributed by atoms with Crippen molar-refractivity contribution in [1.82, 2.24) is 15.5 Å². The topological polar surface area (TPSA) is 108 Å². The molecule has 1 aliphatic carbocycles. The number of alkyl carbamates (subject to hydrolysis) is 1. The smallest absolute Gasteiger partial charge is 0.408 e. The highest BCUT2D eigenvalue weighted by atomic mass is 16.6. The van der Waals surface area contributed by atoms with Crippen molar-refractivity contribution < 1.29 is 24.2 Å². The van der Waals surface area contributed by atoms with Gasteiger partial charge < -0.3 is 25.4 Å². The van der Waals surface area contributed by atoms with Crippen molar-refractivity contribution in [2.45, 2.75) is 83.0 Å². The molecule has 3 rings (SSSR count). The monoisotopic (exact) mass is 509 g/mol. The molecule has 0 heterocycles. The Balaban J connectivity index is 1.90. The Bertz CT molecular complexity index is 1060. The molecule has 3 amide bonds. The predicted molar refractivity (Wildman–Crippen MR) is 142 cm³/mol. The predicted octanol–water partition coefficient (Wildman–Crippen LogP) is 4.48. The summed E-state index contributed by atoms with van der Waals surface area (Å²) in [6, 6.07) is 13.8. The Labute approximate surface area is 219 Å². The zero-order valence-corrected chi connectivity index (χ0v) is 22.2. The lowest BCUT2D eigenvalue weighted by molar-refractivity contribution is -0.141. The van der Waals surface area contributed by atoms with Crippen molar-refractivity contribution in [3.05, 3.63) is 65.7 Å². The fourth-order valence-corrected chi connectivity index (χ4v) is 4.64. The second-order valence-corrected chi connectivity index (χ2v) is 10.6. The third kappa shape index (κ3) is 8.23. The lowest BCUT2D eigenvalue weighted by Gasteiger charge is -2.33. The highest BCUT2D eigenvalue weighted by molar-refractivity contribution is 5.92. The van der Waals surface area contributed by atoms with Gasteiger partial charge in [0.2, 0.25) is 11.8 Å². The van der Waals surface area contributed by atoms with Crippen LogP contribution in [0.15, 0.2) is 54.6 Å². The number of benzene rings is 2. The Morgan fingerprint density at radius 3 is 2.24 bits per heavy atom. The summed E-state index contributed by atoms with van der Waals surface area (Å²) in [5.74, 6) is -0.910. The fraction of sp³-hybridized carbons (Fsp3) is 0.483. The van der Waals surface area contributed by atoms with E-state index in [-0.39, 0.29) is 24.1 Å². The van der Waals surface area contributed by atoms with Gasteiger partial charge in [0.25, 0.3) is 0 Å². The van der Waals surface area contributed by atoms with Gasteiger partial charge in [0.15, 0.2) is 0 Å². The molecule has 0 spiro atoms. The van der Waals surface area contributed by atoms with Gasteiger partial charge >= 0.3 is 6.09 Å². The van der Waals surface area contributed by atoms with E-state index < -0.39 is 29.7 Å². The highest BCUT2D eigenvalue weighted by Crippen LogP contribution is 2.30. The number of phenolic OH excluding ortho intramolecular Hbond substituents is 1. The molecule has 3 N–H and O–H groups in total. The first kappa shape index (κ1) is 28.0. The third-order valence-electron chi connectivity index (χ3n) is 6.44. The fourth-order valence-electron chi connectivity index (χ4n) is 4.64. The molecule has 8 nitrogen and oxygen atoms in total. The van der Waals surface area contributed by atoms with Crippen LogP contribution in [0, 0.1) is 0 Å². The SMILES string of the molecule is CN(C(=O)C(Cc1ccccc1)NC(=O)OC(C)(C)C)C(C(=O)NC1CCCCC1)c1ccccc1O. The van der Waals surface area contributed by atoms with Crippen LogP contribution < -0.4 is 10.6 Å². The van der Waals surface area contributed by atoms with Crippen LogP contribution in [0.3, 0.4) is 0 Å². The molecule has 0 aliphatic heterocycles. The van der Waals surface area contributed by atoms with E-state index in [1.54, 1.807) is 39.0 Å². The maximum absolute atomic E-state index is 13.9.